The van der Waals surface area contributed by atoms with Crippen LogP contribution < -0.4 is 4.31 Å². The first kappa shape index (κ1) is 15.3. The molecule has 1 aromatic carbocycles. The Balaban J connectivity index is 2.29. The summed E-state index contributed by atoms with van der Waals surface area (Å²) in [5, 5.41) is 0.933. The zero-order valence-corrected chi connectivity index (χ0v) is 13.8. The average molecular weight is 331 g/mol. The number of rotatable bonds is 4. The van der Waals surface area contributed by atoms with Crippen LogP contribution in [-0.4, -0.2) is 20.4 Å². The third-order valence-electron chi connectivity index (χ3n) is 3.00. The number of anilines is 1. The van der Waals surface area contributed by atoms with Crippen molar-refractivity contribution < 1.29 is 8.42 Å². The summed E-state index contributed by atoms with van der Waals surface area (Å²) in [6.07, 6.45) is 0. The van der Waals surface area contributed by atoms with Crippen molar-refractivity contribution in [1.29, 1.82) is 0 Å². The molecule has 1 heterocycles. The number of benzene rings is 1. The quantitative estimate of drug-likeness (QED) is 0.863. The Morgan fingerprint density at radius 3 is 2.50 bits per heavy atom. The summed E-state index contributed by atoms with van der Waals surface area (Å²) in [7, 11) is -1.98. The van der Waals surface area contributed by atoms with Gasteiger partial charge in [0, 0.05) is 16.9 Å². The van der Waals surface area contributed by atoms with Crippen molar-refractivity contribution in [2.45, 2.75) is 19.6 Å². The number of halogens is 1. The van der Waals surface area contributed by atoms with Crippen LogP contribution in [0.5, 0.6) is 0 Å². The molecule has 0 aliphatic rings. The SMILES string of the molecule is Cc1nc(N(C)S(=O)(=O)Cc2ccccc2Cl)sc1C. The van der Waals surface area contributed by atoms with E-state index in [0.29, 0.717) is 15.7 Å². The van der Waals surface area contributed by atoms with Gasteiger partial charge in [0.1, 0.15) is 0 Å². The first-order chi connectivity index (χ1) is 9.31. The third kappa shape index (κ3) is 3.13. The highest BCUT2D eigenvalue weighted by atomic mass is 35.5. The van der Waals surface area contributed by atoms with Gasteiger partial charge in [-0.15, -0.1) is 11.3 Å². The van der Waals surface area contributed by atoms with Gasteiger partial charge in [0.2, 0.25) is 10.0 Å². The van der Waals surface area contributed by atoms with E-state index in [0.717, 1.165) is 10.6 Å². The maximum Gasteiger partial charge on any atom is 0.240 e. The second-order valence-electron chi connectivity index (χ2n) is 4.45. The lowest BCUT2D eigenvalue weighted by atomic mass is 10.2. The van der Waals surface area contributed by atoms with E-state index in [1.807, 2.05) is 13.8 Å². The van der Waals surface area contributed by atoms with Crippen LogP contribution in [0.1, 0.15) is 16.1 Å². The molecule has 4 nitrogen and oxygen atoms in total. The van der Waals surface area contributed by atoms with E-state index in [1.165, 1.54) is 22.7 Å². The number of thiazole rings is 1. The minimum absolute atomic E-state index is 0.138. The van der Waals surface area contributed by atoms with Gasteiger partial charge in [-0.1, -0.05) is 29.8 Å². The van der Waals surface area contributed by atoms with E-state index in [1.54, 1.807) is 24.3 Å². The second kappa shape index (κ2) is 5.71. The number of aromatic nitrogens is 1. The Bertz CT molecular complexity index is 706. The van der Waals surface area contributed by atoms with Gasteiger partial charge in [0.25, 0.3) is 0 Å². The smallest absolute Gasteiger partial charge is 0.240 e. The Morgan fingerprint density at radius 2 is 1.95 bits per heavy atom. The Hall–Kier alpha value is -1.11. The normalized spacial score (nSPS) is 11.6. The molecule has 7 heteroatoms. The van der Waals surface area contributed by atoms with Crippen LogP contribution in [0.3, 0.4) is 0 Å². The summed E-state index contributed by atoms with van der Waals surface area (Å²) < 4.78 is 26.0. The zero-order valence-electron chi connectivity index (χ0n) is 11.4. The Morgan fingerprint density at radius 1 is 1.30 bits per heavy atom. The van der Waals surface area contributed by atoms with Gasteiger partial charge in [0.15, 0.2) is 5.13 Å². The van der Waals surface area contributed by atoms with Crippen LogP contribution in [0.4, 0.5) is 5.13 Å². The predicted molar refractivity (Wildman–Crippen MR) is 84.1 cm³/mol. The van der Waals surface area contributed by atoms with E-state index in [-0.39, 0.29) is 5.75 Å². The van der Waals surface area contributed by atoms with E-state index in [9.17, 15) is 8.42 Å². The molecule has 20 heavy (non-hydrogen) atoms. The highest BCUT2D eigenvalue weighted by molar-refractivity contribution is 7.92. The van der Waals surface area contributed by atoms with Gasteiger partial charge >= 0.3 is 0 Å². The van der Waals surface area contributed by atoms with E-state index in [4.69, 9.17) is 11.6 Å². The number of hydrogen-bond acceptors (Lipinski definition) is 4. The molecule has 0 radical (unpaired) electrons. The van der Waals surface area contributed by atoms with Crippen LogP contribution >= 0.6 is 22.9 Å². The fourth-order valence-corrected chi connectivity index (χ4v) is 4.25. The summed E-state index contributed by atoms with van der Waals surface area (Å²) in [4.78, 5) is 5.29. The van der Waals surface area contributed by atoms with Crippen molar-refractivity contribution in [3.05, 3.63) is 45.4 Å². The van der Waals surface area contributed by atoms with Gasteiger partial charge < -0.3 is 0 Å². The lowest BCUT2D eigenvalue weighted by Crippen LogP contribution is -2.27. The molecule has 2 rings (SSSR count). The lowest BCUT2D eigenvalue weighted by Gasteiger charge is -2.16. The van der Waals surface area contributed by atoms with Crippen LogP contribution in [0.25, 0.3) is 0 Å². The van der Waals surface area contributed by atoms with Gasteiger partial charge in [-0.25, -0.2) is 17.7 Å². The minimum atomic E-state index is -3.50. The van der Waals surface area contributed by atoms with E-state index >= 15 is 0 Å². The maximum atomic E-state index is 12.4. The zero-order chi connectivity index (χ0) is 14.9. The van der Waals surface area contributed by atoms with Gasteiger partial charge in [-0.3, -0.25) is 0 Å². The van der Waals surface area contributed by atoms with Crippen LogP contribution in [0.2, 0.25) is 5.02 Å². The molecule has 0 fully saturated rings. The van der Waals surface area contributed by atoms with Crippen molar-refractivity contribution >= 4 is 38.1 Å². The standard InChI is InChI=1S/C13H15ClN2O2S2/c1-9-10(2)19-13(15-9)16(3)20(17,18)8-11-6-4-5-7-12(11)14/h4-7H,8H2,1-3H3. The van der Waals surface area contributed by atoms with Gasteiger partial charge in [-0.05, 0) is 25.5 Å². The van der Waals surface area contributed by atoms with Crippen molar-refractivity contribution in [1.82, 2.24) is 4.98 Å². The van der Waals surface area contributed by atoms with Crippen LogP contribution in [0, 0.1) is 13.8 Å². The summed E-state index contributed by atoms with van der Waals surface area (Å²) >= 11 is 7.38. The topological polar surface area (TPSA) is 50.3 Å². The molecule has 0 saturated heterocycles. The van der Waals surface area contributed by atoms with Gasteiger partial charge in [-0.2, -0.15) is 0 Å². The molecule has 0 atom stereocenters. The summed E-state index contributed by atoms with van der Waals surface area (Å²) in [6, 6.07) is 6.94. The average Bonchev–Trinajstić information content (AvgIpc) is 2.71. The fraction of sp³-hybridized carbons (Fsp3) is 0.308. The summed E-state index contributed by atoms with van der Waals surface area (Å²) in [5.74, 6) is -0.138. The highest BCUT2D eigenvalue weighted by Crippen LogP contribution is 2.28. The number of nitrogens with zero attached hydrogens (tertiary/aromatic N) is 2. The lowest BCUT2D eigenvalue weighted by molar-refractivity contribution is 0.593. The second-order valence-corrected chi connectivity index (χ2v) is 8.04. The molecule has 0 saturated carbocycles. The molecule has 0 amide bonds. The fourth-order valence-electron chi connectivity index (χ4n) is 1.62. The van der Waals surface area contributed by atoms with E-state index in [2.05, 4.69) is 4.98 Å². The molecular formula is C13H15ClN2O2S2. The van der Waals surface area contributed by atoms with Crippen LogP contribution in [0.15, 0.2) is 24.3 Å². The molecule has 0 spiro atoms. The maximum absolute atomic E-state index is 12.4. The largest absolute Gasteiger partial charge is 0.248 e. The first-order valence-corrected chi connectivity index (χ1v) is 8.75. The molecule has 0 aliphatic carbocycles. The van der Waals surface area contributed by atoms with Crippen molar-refractivity contribution in [3.63, 3.8) is 0 Å². The van der Waals surface area contributed by atoms with Crippen molar-refractivity contribution in [2.24, 2.45) is 0 Å². The molecule has 2 aromatic rings. The minimum Gasteiger partial charge on any atom is -0.248 e. The molecule has 108 valence electrons. The van der Waals surface area contributed by atoms with Gasteiger partial charge in [0.05, 0.1) is 11.4 Å². The highest BCUT2D eigenvalue weighted by Gasteiger charge is 2.23. The summed E-state index contributed by atoms with van der Waals surface area (Å²) in [6.45, 7) is 3.79. The molecule has 0 unspecified atom stereocenters. The van der Waals surface area contributed by atoms with Crippen LogP contribution in [-0.2, 0) is 15.8 Å². The number of sulfonamides is 1. The molecule has 0 N–H and O–H groups in total. The number of hydrogen-bond donors (Lipinski definition) is 0. The first-order valence-electron chi connectivity index (χ1n) is 5.95. The van der Waals surface area contributed by atoms with Crippen molar-refractivity contribution in [2.75, 3.05) is 11.4 Å². The molecule has 0 aliphatic heterocycles. The van der Waals surface area contributed by atoms with E-state index < -0.39 is 10.0 Å². The molecule has 0 bridgehead atoms. The summed E-state index contributed by atoms with van der Waals surface area (Å²) in [5.41, 5.74) is 1.44. The Kier molecular flexibility index (Phi) is 4.36. The molecular weight excluding hydrogens is 316 g/mol. The predicted octanol–water partition coefficient (Wildman–Crippen LogP) is 3.38. The monoisotopic (exact) mass is 330 g/mol. The third-order valence-corrected chi connectivity index (χ3v) is 6.32. The molecule has 1 aromatic heterocycles. The number of aryl methyl sites for hydroxylation is 2. The Labute approximate surface area is 128 Å². The van der Waals surface area contributed by atoms with Crippen molar-refractivity contribution in [3.8, 4) is 0 Å².